The summed E-state index contributed by atoms with van der Waals surface area (Å²) in [5.74, 6) is 8.84. The minimum Gasteiger partial charge on any atom is -0.354 e. The molecule has 1 fully saturated rings. The Balaban J connectivity index is 1.41. The van der Waals surface area contributed by atoms with E-state index in [-0.39, 0.29) is 17.9 Å². The van der Waals surface area contributed by atoms with Crippen LogP contribution in [-0.2, 0) is 17.9 Å². The van der Waals surface area contributed by atoms with E-state index in [0.717, 1.165) is 42.5 Å². The minimum atomic E-state index is -0.383. The summed E-state index contributed by atoms with van der Waals surface area (Å²) in [7, 11) is 0. The highest BCUT2D eigenvalue weighted by molar-refractivity contribution is 6.01. The fourth-order valence-electron chi connectivity index (χ4n) is 3.82. The maximum atomic E-state index is 12.8. The minimum absolute atomic E-state index is 0.0587. The van der Waals surface area contributed by atoms with Crippen molar-refractivity contribution >= 4 is 11.8 Å². The Morgan fingerprint density at radius 2 is 2.21 bits per heavy atom. The highest BCUT2D eigenvalue weighted by Gasteiger charge is 2.38. The monoisotopic (exact) mass is 386 g/mol. The number of hydrogen-bond acceptors (Lipinski definition) is 3. The van der Waals surface area contributed by atoms with Crippen LogP contribution in [0.5, 0.6) is 0 Å². The van der Waals surface area contributed by atoms with E-state index in [9.17, 15) is 9.59 Å². The van der Waals surface area contributed by atoms with Crippen LogP contribution in [0, 0.1) is 24.2 Å². The Kier molecular flexibility index (Phi) is 5.35. The summed E-state index contributed by atoms with van der Waals surface area (Å²) in [6.45, 7) is 1.88. The van der Waals surface area contributed by atoms with Crippen molar-refractivity contribution in [3.05, 3.63) is 52.8 Å². The second kappa shape index (κ2) is 8.24. The van der Waals surface area contributed by atoms with Gasteiger partial charge in [-0.05, 0) is 37.0 Å². The van der Waals surface area contributed by atoms with Gasteiger partial charge < -0.3 is 10.2 Å². The van der Waals surface area contributed by atoms with E-state index in [2.05, 4.69) is 28.2 Å². The molecule has 146 valence electrons. The van der Waals surface area contributed by atoms with Gasteiger partial charge in [0, 0.05) is 43.4 Å². The van der Waals surface area contributed by atoms with Crippen molar-refractivity contribution in [1.29, 1.82) is 0 Å². The molecule has 1 unspecified atom stereocenters. The van der Waals surface area contributed by atoms with Gasteiger partial charge >= 0.3 is 0 Å². The summed E-state index contributed by atoms with van der Waals surface area (Å²) in [5, 5.41) is 7.07. The lowest BCUT2D eigenvalue weighted by atomic mass is 10.0. The number of carbonyl (C=O) groups is 2. The molecule has 0 radical (unpaired) electrons. The van der Waals surface area contributed by atoms with Crippen molar-refractivity contribution in [2.24, 2.45) is 0 Å². The quantitative estimate of drug-likeness (QED) is 0.645. The van der Waals surface area contributed by atoms with Gasteiger partial charge in [-0.1, -0.05) is 23.8 Å². The van der Waals surface area contributed by atoms with Gasteiger partial charge in [-0.15, -0.1) is 6.42 Å². The highest BCUT2D eigenvalue weighted by Crippen LogP contribution is 2.29. The summed E-state index contributed by atoms with van der Waals surface area (Å²) < 4.78 is 1.82. The summed E-state index contributed by atoms with van der Waals surface area (Å²) in [6.07, 6.45) is 12.1. The summed E-state index contributed by atoms with van der Waals surface area (Å²) in [5.41, 5.74) is 3.22. The van der Waals surface area contributed by atoms with Crippen LogP contribution in [-0.4, -0.2) is 39.1 Å². The van der Waals surface area contributed by atoms with Gasteiger partial charge in [0.15, 0.2) is 0 Å². The second-order valence-electron chi connectivity index (χ2n) is 7.26. The van der Waals surface area contributed by atoms with Crippen LogP contribution in [0.15, 0.2) is 30.6 Å². The number of rotatable bonds is 4. The second-order valence-corrected chi connectivity index (χ2v) is 7.26. The van der Waals surface area contributed by atoms with Crippen LogP contribution < -0.4 is 5.32 Å². The molecular weight excluding hydrogens is 364 g/mol. The number of nitrogens with zero attached hydrogens (tertiary/aromatic N) is 3. The van der Waals surface area contributed by atoms with E-state index < -0.39 is 0 Å². The number of aryl methyl sites for hydroxylation is 1. The number of terminal acetylenes is 1. The standard InChI is InChI=1S/C23H22N4O2/c1-2-17-14-25-26(15-17)13-5-3-4-8-18-9-6-10-19-20(18)16-27(23(19)29)21-11-7-12-24-22(21)28/h1,6,9-10,14-15,21H,3,5,7,11-13,16H2,(H,24,28). The van der Waals surface area contributed by atoms with Crippen LogP contribution in [0.4, 0.5) is 0 Å². The first-order valence-corrected chi connectivity index (χ1v) is 9.86. The van der Waals surface area contributed by atoms with E-state index in [1.807, 2.05) is 29.1 Å². The number of carbonyl (C=O) groups excluding carboxylic acids is 2. The number of fused-ring (bicyclic) bond motifs is 1. The van der Waals surface area contributed by atoms with Crippen LogP contribution in [0.2, 0.25) is 0 Å². The number of unbranched alkanes of at least 4 members (excludes halogenated alkanes) is 1. The van der Waals surface area contributed by atoms with Gasteiger partial charge in [0.25, 0.3) is 5.91 Å². The molecule has 1 saturated heterocycles. The van der Waals surface area contributed by atoms with E-state index in [1.54, 1.807) is 11.1 Å². The smallest absolute Gasteiger partial charge is 0.255 e. The largest absolute Gasteiger partial charge is 0.354 e. The third kappa shape index (κ3) is 3.88. The first-order valence-electron chi connectivity index (χ1n) is 9.86. The van der Waals surface area contributed by atoms with Gasteiger partial charge in [0.1, 0.15) is 6.04 Å². The predicted octanol–water partition coefficient (Wildman–Crippen LogP) is 1.93. The predicted molar refractivity (Wildman–Crippen MR) is 109 cm³/mol. The van der Waals surface area contributed by atoms with Crippen molar-refractivity contribution < 1.29 is 9.59 Å². The zero-order chi connectivity index (χ0) is 20.2. The average Bonchev–Trinajstić information content (AvgIpc) is 3.33. The zero-order valence-corrected chi connectivity index (χ0v) is 16.1. The molecule has 1 N–H and O–H groups in total. The molecule has 2 aromatic rings. The number of benzene rings is 1. The van der Waals surface area contributed by atoms with Crippen molar-refractivity contribution in [1.82, 2.24) is 20.0 Å². The number of piperidine rings is 1. The SMILES string of the molecule is C#Cc1cnn(CCCC#Cc2cccc3c2CN(C2CCCNC2=O)C3=O)c1. The molecule has 1 aromatic carbocycles. The molecule has 2 aliphatic rings. The van der Waals surface area contributed by atoms with Gasteiger partial charge in [-0.25, -0.2) is 0 Å². The molecule has 0 saturated carbocycles. The number of nitrogens with one attached hydrogen (secondary N) is 1. The number of hydrogen-bond donors (Lipinski definition) is 1. The Labute approximate surface area is 170 Å². The number of aromatic nitrogens is 2. The van der Waals surface area contributed by atoms with Crippen LogP contribution in [0.25, 0.3) is 0 Å². The molecule has 0 bridgehead atoms. The molecule has 6 nitrogen and oxygen atoms in total. The van der Waals surface area contributed by atoms with Crippen molar-refractivity contribution in [2.45, 2.75) is 44.8 Å². The average molecular weight is 386 g/mol. The highest BCUT2D eigenvalue weighted by atomic mass is 16.2. The van der Waals surface area contributed by atoms with Crippen LogP contribution in [0.1, 0.15) is 52.7 Å². The van der Waals surface area contributed by atoms with E-state index in [4.69, 9.17) is 6.42 Å². The first-order chi connectivity index (χ1) is 14.2. The van der Waals surface area contributed by atoms with E-state index in [1.165, 1.54) is 0 Å². The summed E-state index contributed by atoms with van der Waals surface area (Å²) in [6, 6.07) is 5.24. The molecule has 3 heterocycles. The molecule has 2 amide bonds. The van der Waals surface area contributed by atoms with Gasteiger partial charge in [-0.2, -0.15) is 5.10 Å². The molecule has 4 rings (SSSR count). The Morgan fingerprint density at radius 1 is 1.31 bits per heavy atom. The number of amides is 2. The normalized spacial score (nSPS) is 17.9. The lowest BCUT2D eigenvalue weighted by Crippen LogP contribution is -2.50. The zero-order valence-electron chi connectivity index (χ0n) is 16.1. The Bertz CT molecular complexity index is 1050. The van der Waals surface area contributed by atoms with Crippen molar-refractivity contribution in [2.75, 3.05) is 6.54 Å². The van der Waals surface area contributed by atoms with Gasteiger partial charge in [0.05, 0.1) is 11.8 Å². The third-order valence-electron chi connectivity index (χ3n) is 5.34. The Morgan fingerprint density at radius 3 is 3.00 bits per heavy atom. The third-order valence-corrected chi connectivity index (χ3v) is 5.34. The van der Waals surface area contributed by atoms with Crippen molar-refractivity contribution in [3.63, 3.8) is 0 Å². The fourth-order valence-corrected chi connectivity index (χ4v) is 3.82. The molecule has 1 atom stereocenters. The fraction of sp³-hybridized carbons (Fsp3) is 0.348. The molecule has 0 spiro atoms. The summed E-state index contributed by atoms with van der Waals surface area (Å²) >= 11 is 0. The lowest BCUT2D eigenvalue weighted by Gasteiger charge is -2.30. The molecular formula is C23H22N4O2. The molecule has 2 aliphatic heterocycles. The topological polar surface area (TPSA) is 67.2 Å². The van der Waals surface area contributed by atoms with Crippen LogP contribution in [0.3, 0.4) is 0 Å². The molecule has 1 aromatic heterocycles. The maximum absolute atomic E-state index is 12.8. The summed E-state index contributed by atoms with van der Waals surface area (Å²) in [4.78, 5) is 26.7. The maximum Gasteiger partial charge on any atom is 0.255 e. The first kappa shape index (κ1) is 18.8. The van der Waals surface area contributed by atoms with Gasteiger partial charge in [0.2, 0.25) is 5.91 Å². The van der Waals surface area contributed by atoms with E-state index in [0.29, 0.717) is 25.1 Å². The van der Waals surface area contributed by atoms with Crippen LogP contribution >= 0.6 is 0 Å². The molecule has 6 heteroatoms. The molecule has 29 heavy (non-hydrogen) atoms. The van der Waals surface area contributed by atoms with E-state index >= 15 is 0 Å². The lowest BCUT2D eigenvalue weighted by molar-refractivity contribution is -0.127. The van der Waals surface area contributed by atoms with Crippen molar-refractivity contribution in [3.8, 4) is 24.2 Å². The van der Waals surface area contributed by atoms with Gasteiger partial charge in [-0.3, -0.25) is 14.3 Å². The Hall–Kier alpha value is -3.51. The molecule has 0 aliphatic carbocycles.